The Kier molecular flexibility index (Phi) is 5.91. The van der Waals surface area contributed by atoms with Gasteiger partial charge in [0.15, 0.2) is 0 Å². The smallest absolute Gasteiger partial charge is 0.325 e. The van der Waals surface area contributed by atoms with Gasteiger partial charge in [0, 0.05) is 32.7 Å². The van der Waals surface area contributed by atoms with Crippen LogP contribution in [0.1, 0.15) is 20.8 Å². The molecule has 1 aliphatic rings. The highest BCUT2D eigenvalue weighted by atomic mass is 16.6. The SMILES string of the molecule is CC(C)(C)OC(=O)C1CN(CCN)CCN1CC(=O)O. The Morgan fingerprint density at radius 3 is 2.50 bits per heavy atom. The number of carboxylic acid groups (broad SMARTS) is 1. The minimum absolute atomic E-state index is 0.152. The van der Waals surface area contributed by atoms with Crippen LogP contribution in [-0.4, -0.2) is 77.8 Å². The molecule has 0 aromatic heterocycles. The number of nitrogens with two attached hydrogens (primary N) is 1. The highest BCUT2D eigenvalue weighted by Crippen LogP contribution is 2.15. The predicted molar refractivity (Wildman–Crippen MR) is 74.3 cm³/mol. The first-order valence-electron chi connectivity index (χ1n) is 6.84. The van der Waals surface area contributed by atoms with Gasteiger partial charge in [0.1, 0.15) is 11.6 Å². The van der Waals surface area contributed by atoms with E-state index in [4.69, 9.17) is 15.6 Å². The quantitative estimate of drug-likeness (QED) is 0.649. The highest BCUT2D eigenvalue weighted by molar-refractivity contribution is 5.78. The Morgan fingerprint density at radius 1 is 1.35 bits per heavy atom. The minimum atomic E-state index is -0.939. The molecule has 1 atom stereocenters. The maximum Gasteiger partial charge on any atom is 0.325 e. The molecule has 1 rings (SSSR count). The van der Waals surface area contributed by atoms with Crippen LogP contribution in [0.2, 0.25) is 0 Å². The first kappa shape index (κ1) is 16.9. The molecule has 0 spiro atoms. The highest BCUT2D eigenvalue weighted by Gasteiger charge is 2.35. The Bertz CT molecular complexity index is 354. The summed E-state index contributed by atoms with van der Waals surface area (Å²) in [6, 6.07) is -0.550. The average molecular weight is 287 g/mol. The third kappa shape index (κ3) is 5.44. The van der Waals surface area contributed by atoms with Crippen molar-refractivity contribution in [1.82, 2.24) is 9.80 Å². The fourth-order valence-corrected chi connectivity index (χ4v) is 2.22. The lowest BCUT2D eigenvalue weighted by Crippen LogP contribution is -2.59. The van der Waals surface area contributed by atoms with E-state index in [9.17, 15) is 9.59 Å². The zero-order chi connectivity index (χ0) is 15.3. The summed E-state index contributed by atoms with van der Waals surface area (Å²) in [6.07, 6.45) is 0. The van der Waals surface area contributed by atoms with Crippen LogP contribution in [0.4, 0.5) is 0 Å². The topological polar surface area (TPSA) is 96.1 Å². The Hall–Kier alpha value is -1.18. The summed E-state index contributed by atoms with van der Waals surface area (Å²) in [6.45, 7) is 8.15. The summed E-state index contributed by atoms with van der Waals surface area (Å²) in [4.78, 5) is 26.9. The Morgan fingerprint density at radius 2 is 2.00 bits per heavy atom. The molecule has 0 bridgehead atoms. The van der Waals surface area contributed by atoms with Crippen LogP contribution in [0.3, 0.4) is 0 Å². The number of rotatable bonds is 5. The summed E-state index contributed by atoms with van der Waals surface area (Å²) >= 11 is 0. The van der Waals surface area contributed by atoms with Crippen molar-refractivity contribution in [1.29, 1.82) is 0 Å². The molecule has 3 N–H and O–H groups in total. The van der Waals surface area contributed by atoms with Gasteiger partial charge in [-0.1, -0.05) is 0 Å². The number of carboxylic acids is 1. The zero-order valence-corrected chi connectivity index (χ0v) is 12.5. The minimum Gasteiger partial charge on any atom is -0.480 e. The molecule has 0 aromatic rings. The second-order valence-corrected chi connectivity index (χ2v) is 6.00. The molecule has 1 fully saturated rings. The van der Waals surface area contributed by atoms with E-state index in [1.807, 2.05) is 0 Å². The molecule has 1 unspecified atom stereocenters. The van der Waals surface area contributed by atoms with Crippen molar-refractivity contribution in [3.05, 3.63) is 0 Å². The van der Waals surface area contributed by atoms with Crippen LogP contribution in [0, 0.1) is 0 Å². The van der Waals surface area contributed by atoms with E-state index < -0.39 is 17.6 Å². The molecule has 0 radical (unpaired) electrons. The summed E-state index contributed by atoms with van der Waals surface area (Å²) in [5, 5.41) is 8.94. The molecule has 7 nitrogen and oxygen atoms in total. The molecule has 1 aliphatic heterocycles. The fourth-order valence-electron chi connectivity index (χ4n) is 2.22. The number of piperazine rings is 1. The van der Waals surface area contributed by atoms with E-state index in [0.29, 0.717) is 32.7 Å². The summed E-state index contributed by atoms with van der Waals surface area (Å²) < 4.78 is 5.38. The van der Waals surface area contributed by atoms with Gasteiger partial charge in [0.25, 0.3) is 0 Å². The molecule has 0 saturated carbocycles. The monoisotopic (exact) mass is 287 g/mol. The van der Waals surface area contributed by atoms with Crippen molar-refractivity contribution in [2.75, 3.05) is 39.3 Å². The van der Waals surface area contributed by atoms with Crippen LogP contribution >= 0.6 is 0 Å². The Labute approximate surface area is 119 Å². The van der Waals surface area contributed by atoms with Crippen LogP contribution in [0.25, 0.3) is 0 Å². The molecule has 0 aliphatic carbocycles. The van der Waals surface area contributed by atoms with Crippen molar-refractivity contribution >= 4 is 11.9 Å². The van der Waals surface area contributed by atoms with Gasteiger partial charge in [-0.05, 0) is 20.8 Å². The van der Waals surface area contributed by atoms with Crippen molar-refractivity contribution < 1.29 is 19.4 Å². The van der Waals surface area contributed by atoms with Gasteiger partial charge in [0.05, 0.1) is 6.54 Å². The van der Waals surface area contributed by atoms with Gasteiger partial charge in [-0.25, -0.2) is 0 Å². The lowest BCUT2D eigenvalue weighted by atomic mass is 10.1. The van der Waals surface area contributed by atoms with Crippen molar-refractivity contribution in [2.24, 2.45) is 5.73 Å². The third-order valence-corrected chi connectivity index (χ3v) is 3.04. The van der Waals surface area contributed by atoms with E-state index in [1.54, 1.807) is 25.7 Å². The van der Waals surface area contributed by atoms with Gasteiger partial charge in [-0.15, -0.1) is 0 Å². The van der Waals surface area contributed by atoms with Crippen molar-refractivity contribution in [3.63, 3.8) is 0 Å². The van der Waals surface area contributed by atoms with Gasteiger partial charge < -0.3 is 15.6 Å². The number of carbonyl (C=O) groups is 2. The van der Waals surface area contributed by atoms with Gasteiger partial charge in [-0.3, -0.25) is 19.4 Å². The molecule has 20 heavy (non-hydrogen) atoms. The Balaban J connectivity index is 2.75. The number of nitrogens with zero attached hydrogens (tertiary/aromatic N) is 2. The molecular weight excluding hydrogens is 262 g/mol. The van der Waals surface area contributed by atoms with Crippen LogP contribution in [0.5, 0.6) is 0 Å². The van der Waals surface area contributed by atoms with Gasteiger partial charge in [-0.2, -0.15) is 0 Å². The zero-order valence-electron chi connectivity index (χ0n) is 12.5. The maximum absolute atomic E-state index is 12.2. The largest absolute Gasteiger partial charge is 0.480 e. The van der Waals surface area contributed by atoms with E-state index in [1.165, 1.54) is 0 Å². The molecule has 7 heteroatoms. The van der Waals surface area contributed by atoms with E-state index in [-0.39, 0.29) is 12.5 Å². The van der Waals surface area contributed by atoms with Crippen LogP contribution in [0.15, 0.2) is 0 Å². The standard InChI is InChI=1S/C13H25N3O4/c1-13(2,3)20-12(19)10-8-15(5-4-14)6-7-16(10)9-11(17)18/h10H,4-9,14H2,1-3H3,(H,17,18). The molecule has 116 valence electrons. The number of carbonyl (C=O) groups excluding carboxylic acids is 1. The van der Waals surface area contributed by atoms with Crippen LogP contribution in [-0.2, 0) is 14.3 Å². The molecule has 1 saturated heterocycles. The molecular formula is C13H25N3O4. The van der Waals surface area contributed by atoms with E-state index >= 15 is 0 Å². The number of hydrogen-bond donors (Lipinski definition) is 2. The first-order valence-corrected chi connectivity index (χ1v) is 6.84. The predicted octanol–water partition coefficient (Wildman–Crippen LogP) is -0.642. The number of ether oxygens (including phenoxy) is 1. The fraction of sp³-hybridized carbons (Fsp3) is 0.846. The number of aliphatic carboxylic acids is 1. The van der Waals surface area contributed by atoms with E-state index in [0.717, 1.165) is 0 Å². The normalized spacial score (nSPS) is 21.7. The molecule has 1 heterocycles. The second kappa shape index (κ2) is 7.01. The summed E-state index contributed by atoms with van der Waals surface area (Å²) in [5.41, 5.74) is 4.95. The third-order valence-electron chi connectivity index (χ3n) is 3.04. The number of esters is 1. The lowest BCUT2D eigenvalue weighted by molar-refractivity contribution is -0.165. The van der Waals surface area contributed by atoms with Gasteiger partial charge >= 0.3 is 11.9 Å². The second-order valence-electron chi connectivity index (χ2n) is 6.00. The molecule has 0 aromatic carbocycles. The van der Waals surface area contributed by atoms with Crippen molar-refractivity contribution in [3.8, 4) is 0 Å². The van der Waals surface area contributed by atoms with Gasteiger partial charge in [0.2, 0.25) is 0 Å². The first-order chi connectivity index (χ1) is 9.23. The summed E-state index contributed by atoms with van der Waals surface area (Å²) in [5.74, 6) is -1.31. The number of hydrogen-bond acceptors (Lipinski definition) is 6. The lowest BCUT2D eigenvalue weighted by Gasteiger charge is -2.40. The van der Waals surface area contributed by atoms with Crippen molar-refractivity contribution in [2.45, 2.75) is 32.4 Å². The molecule has 0 amide bonds. The van der Waals surface area contributed by atoms with Crippen LogP contribution < -0.4 is 5.73 Å². The summed E-state index contributed by atoms with van der Waals surface area (Å²) in [7, 11) is 0. The maximum atomic E-state index is 12.2. The van der Waals surface area contributed by atoms with E-state index in [2.05, 4.69) is 4.90 Å². The average Bonchev–Trinajstić information content (AvgIpc) is 2.28.